The first-order valence-electron chi connectivity index (χ1n) is 10.6. The molecule has 5 rings (SSSR count). The maximum atomic E-state index is 12.6. The van der Waals surface area contributed by atoms with Crippen LogP contribution in [0.5, 0.6) is 11.5 Å². The van der Waals surface area contributed by atoms with E-state index >= 15 is 0 Å². The Kier molecular flexibility index (Phi) is 5.51. The van der Waals surface area contributed by atoms with Crippen molar-refractivity contribution in [3.05, 3.63) is 70.0 Å². The van der Waals surface area contributed by atoms with Crippen molar-refractivity contribution < 1.29 is 38.0 Å². The number of hydrogen-bond acceptors (Lipinski definition) is 11. The van der Waals surface area contributed by atoms with Gasteiger partial charge in [-0.15, -0.1) is 5.11 Å². The van der Waals surface area contributed by atoms with Crippen LogP contribution in [0.3, 0.4) is 0 Å². The molecule has 3 heterocycles. The number of benzene rings is 2. The van der Waals surface area contributed by atoms with Gasteiger partial charge in [-0.25, -0.2) is 9.59 Å². The number of methoxy groups -OCH3 is 1. The number of allylic oxidation sites excluding steroid dienone is 1. The molecule has 0 amide bonds. The number of ether oxygens (including phenoxy) is 5. The molecular formula is C24H20N2O9. The second-order valence-corrected chi connectivity index (χ2v) is 7.79. The number of carbonyl (C=O) groups excluding carboxylic acids is 1. The molecule has 0 aliphatic carbocycles. The van der Waals surface area contributed by atoms with E-state index in [0.717, 1.165) is 0 Å². The highest BCUT2D eigenvalue weighted by Crippen LogP contribution is 2.39. The van der Waals surface area contributed by atoms with Crippen LogP contribution in [0.2, 0.25) is 0 Å². The molecule has 1 fully saturated rings. The second kappa shape index (κ2) is 8.67. The van der Waals surface area contributed by atoms with E-state index in [-0.39, 0.29) is 28.2 Å². The molecule has 3 unspecified atom stereocenters. The first-order valence-corrected chi connectivity index (χ1v) is 10.6. The highest BCUT2D eigenvalue weighted by Gasteiger charge is 2.51. The standard InChI is InChI=1S/C24H20N2O9/c1-11-15(32-23-21-20(34-24(29)35-21)19(30-3)12(2)31-23)10-9-14-17(27)16(22(28)33-18(11)14)26-25-13-7-5-4-6-8-13/h4-10,20-21,23,27H,1-3H3/b26-25+. The summed E-state index contributed by atoms with van der Waals surface area (Å²) in [5.74, 6) is 0.595. The lowest BCUT2D eigenvalue weighted by molar-refractivity contribution is -0.140. The van der Waals surface area contributed by atoms with Crippen LogP contribution in [0, 0.1) is 6.92 Å². The zero-order valence-electron chi connectivity index (χ0n) is 18.9. The second-order valence-electron chi connectivity index (χ2n) is 7.79. The molecule has 11 heteroatoms. The Morgan fingerprint density at radius 3 is 2.49 bits per heavy atom. The number of carbonyl (C=O) groups is 1. The van der Waals surface area contributed by atoms with E-state index in [0.29, 0.717) is 22.8 Å². The minimum absolute atomic E-state index is 0.0977. The third kappa shape index (κ3) is 3.90. The molecule has 2 aliphatic rings. The number of fused-ring (bicyclic) bond motifs is 2. The quantitative estimate of drug-likeness (QED) is 0.312. The first kappa shape index (κ1) is 22.3. The summed E-state index contributed by atoms with van der Waals surface area (Å²) in [6, 6.07) is 11.8. The summed E-state index contributed by atoms with van der Waals surface area (Å²) in [6.07, 6.45) is -3.67. The van der Waals surface area contributed by atoms with Crippen LogP contribution in [-0.2, 0) is 18.9 Å². The summed E-state index contributed by atoms with van der Waals surface area (Å²) in [5, 5.41) is 18.8. The van der Waals surface area contributed by atoms with Gasteiger partial charge in [0.25, 0.3) is 6.29 Å². The average Bonchev–Trinajstić information content (AvgIpc) is 3.23. The van der Waals surface area contributed by atoms with Crippen LogP contribution < -0.4 is 10.4 Å². The molecule has 2 aromatic carbocycles. The Balaban J connectivity index is 1.48. The van der Waals surface area contributed by atoms with Crippen LogP contribution >= 0.6 is 0 Å². The summed E-state index contributed by atoms with van der Waals surface area (Å²) in [5.41, 5.74) is -0.178. The lowest BCUT2D eigenvalue weighted by Crippen LogP contribution is -2.45. The van der Waals surface area contributed by atoms with Crippen molar-refractivity contribution in [2.75, 3.05) is 7.11 Å². The Morgan fingerprint density at radius 2 is 1.74 bits per heavy atom. The number of aryl methyl sites for hydroxylation is 1. The Hall–Kier alpha value is -4.54. The number of nitrogens with zero attached hydrogens (tertiary/aromatic N) is 2. The highest BCUT2D eigenvalue weighted by molar-refractivity contribution is 5.90. The van der Waals surface area contributed by atoms with Gasteiger partial charge in [0, 0.05) is 5.56 Å². The van der Waals surface area contributed by atoms with Gasteiger partial charge in [-0.3, -0.25) is 0 Å². The maximum absolute atomic E-state index is 12.6. The maximum Gasteiger partial charge on any atom is 0.509 e. The van der Waals surface area contributed by atoms with E-state index in [1.54, 1.807) is 44.2 Å². The third-order valence-electron chi connectivity index (χ3n) is 5.63. The summed E-state index contributed by atoms with van der Waals surface area (Å²) < 4.78 is 32.9. The van der Waals surface area contributed by atoms with Crippen molar-refractivity contribution >= 4 is 28.5 Å². The molecule has 35 heavy (non-hydrogen) atoms. The molecule has 3 aromatic rings. The fraction of sp³-hybridized carbons (Fsp3) is 0.250. The van der Waals surface area contributed by atoms with Gasteiger partial charge in [0.15, 0.2) is 11.5 Å². The van der Waals surface area contributed by atoms with Gasteiger partial charge in [-0.1, -0.05) is 18.2 Å². The molecule has 1 N–H and O–H groups in total. The first-order chi connectivity index (χ1) is 16.9. The fourth-order valence-corrected chi connectivity index (χ4v) is 3.92. The molecule has 0 radical (unpaired) electrons. The number of azo groups is 1. The van der Waals surface area contributed by atoms with Gasteiger partial charge >= 0.3 is 11.8 Å². The van der Waals surface area contributed by atoms with E-state index in [9.17, 15) is 14.7 Å². The molecule has 1 aromatic heterocycles. The number of rotatable bonds is 5. The van der Waals surface area contributed by atoms with Crippen molar-refractivity contribution in [2.45, 2.75) is 32.3 Å². The molecule has 11 nitrogen and oxygen atoms in total. The SMILES string of the molecule is COC1=C(C)OC(Oc2ccc3c(O)c(/N=N/c4ccccc4)c(=O)oc3c2C)C2OC(=O)OC12. The zero-order valence-corrected chi connectivity index (χ0v) is 18.9. The zero-order chi connectivity index (χ0) is 24.7. The predicted octanol–water partition coefficient (Wildman–Crippen LogP) is 4.74. The van der Waals surface area contributed by atoms with Gasteiger partial charge in [-0.2, -0.15) is 5.11 Å². The average molecular weight is 480 g/mol. The van der Waals surface area contributed by atoms with Crippen LogP contribution in [0.1, 0.15) is 12.5 Å². The highest BCUT2D eigenvalue weighted by atomic mass is 16.8. The Labute approximate surface area is 198 Å². The summed E-state index contributed by atoms with van der Waals surface area (Å²) in [4.78, 5) is 24.3. The van der Waals surface area contributed by atoms with E-state index < -0.39 is 30.3 Å². The molecule has 180 valence electrons. The van der Waals surface area contributed by atoms with Gasteiger partial charge in [-0.05, 0) is 38.1 Å². The van der Waals surface area contributed by atoms with Gasteiger partial charge in [0.2, 0.25) is 17.9 Å². The lowest BCUT2D eigenvalue weighted by Gasteiger charge is -2.32. The van der Waals surface area contributed by atoms with E-state index in [2.05, 4.69) is 10.2 Å². The molecular weight excluding hydrogens is 460 g/mol. The summed E-state index contributed by atoms with van der Waals surface area (Å²) in [6.45, 7) is 3.29. The van der Waals surface area contributed by atoms with Crippen molar-refractivity contribution in [2.24, 2.45) is 10.2 Å². The van der Waals surface area contributed by atoms with Crippen LogP contribution in [-0.4, -0.2) is 36.9 Å². The molecule has 0 saturated carbocycles. The monoisotopic (exact) mass is 480 g/mol. The smallest absolute Gasteiger partial charge is 0.505 e. The molecule has 0 bridgehead atoms. The molecule has 2 aliphatic heterocycles. The summed E-state index contributed by atoms with van der Waals surface area (Å²) in [7, 11) is 1.43. The predicted molar refractivity (Wildman–Crippen MR) is 120 cm³/mol. The van der Waals surface area contributed by atoms with Crippen molar-refractivity contribution in [1.29, 1.82) is 0 Å². The Morgan fingerprint density at radius 1 is 0.971 bits per heavy atom. The molecule has 3 atom stereocenters. The largest absolute Gasteiger partial charge is 0.509 e. The van der Waals surface area contributed by atoms with Gasteiger partial charge < -0.3 is 33.2 Å². The molecule has 1 saturated heterocycles. The van der Waals surface area contributed by atoms with Crippen LogP contribution in [0.25, 0.3) is 11.0 Å². The molecule has 0 spiro atoms. The van der Waals surface area contributed by atoms with Crippen LogP contribution in [0.4, 0.5) is 16.2 Å². The minimum atomic E-state index is -1.05. The van der Waals surface area contributed by atoms with Crippen molar-refractivity contribution in [3.8, 4) is 11.5 Å². The lowest BCUT2D eigenvalue weighted by atomic mass is 10.1. The van der Waals surface area contributed by atoms with Gasteiger partial charge in [0.1, 0.15) is 17.1 Å². The Bertz CT molecular complexity index is 1430. The minimum Gasteiger partial charge on any atom is -0.505 e. The van der Waals surface area contributed by atoms with Crippen molar-refractivity contribution in [3.63, 3.8) is 0 Å². The van der Waals surface area contributed by atoms with Crippen molar-refractivity contribution in [1.82, 2.24) is 0 Å². The van der Waals surface area contributed by atoms with Crippen LogP contribution in [0.15, 0.2) is 73.4 Å². The van der Waals surface area contributed by atoms with E-state index in [1.807, 2.05) is 6.07 Å². The summed E-state index contributed by atoms with van der Waals surface area (Å²) >= 11 is 0. The van der Waals surface area contributed by atoms with E-state index in [4.69, 9.17) is 28.1 Å². The topological polar surface area (TPSA) is 138 Å². The number of aromatic hydroxyl groups is 1. The number of hydrogen-bond donors (Lipinski definition) is 1. The normalized spacial score (nSPS) is 21.5. The fourth-order valence-electron chi connectivity index (χ4n) is 3.92. The van der Waals surface area contributed by atoms with E-state index in [1.165, 1.54) is 13.2 Å². The third-order valence-corrected chi connectivity index (χ3v) is 5.63. The van der Waals surface area contributed by atoms with Gasteiger partial charge in [0.05, 0.1) is 18.2 Å².